The van der Waals surface area contributed by atoms with Gasteiger partial charge in [-0.15, -0.1) is 0 Å². The summed E-state index contributed by atoms with van der Waals surface area (Å²) in [6.07, 6.45) is 4.94. The van der Waals surface area contributed by atoms with Crippen molar-refractivity contribution in [2.75, 3.05) is 7.11 Å². The number of benzene rings is 1. The summed E-state index contributed by atoms with van der Waals surface area (Å²) in [6.45, 7) is 0.891. The number of rotatable bonds is 4. The van der Waals surface area contributed by atoms with Gasteiger partial charge in [-0.25, -0.2) is 0 Å². The van der Waals surface area contributed by atoms with Crippen LogP contribution in [0, 0.1) is 0 Å². The average molecular weight is 234 g/mol. The second-order valence-electron chi connectivity index (χ2n) is 4.78. The maximum atomic E-state index is 6.11. The minimum Gasteiger partial charge on any atom is -0.497 e. The molecule has 0 unspecified atom stereocenters. The molecular weight excluding hydrogens is 212 g/mol. The Morgan fingerprint density at radius 3 is 2.59 bits per heavy atom. The number of hydrogen-bond donors (Lipinski definition) is 2. The normalized spacial score (nSPS) is 24.6. The average Bonchev–Trinajstić information content (AvgIpc) is 2.38. The second-order valence-corrected chi connectivity index (χ2v) is 4.78. The van der Waals surface area contributed by atoms with E-state index in [0.717, 1.165) is 18.7 Å². The van der Waals surface area contributed by atoms with Crippen LogP contribution in [0.1, 0.15) is 31.2 Å². The lowest BCUT2D eigenvalue weighted by Gasteiger charge is -2.29. The van der Waals surface area contributed by atoms with E-state index in [1.165, 1.54) is 24.8 Å². The highest BCUT2D eigenvalue weighted by molar-refractivity contribution is 5.27. The standard InChI is InChI=1S/C14H22N2O/c1-17-12-8-6-11(7-9-12)10-16-14-5-3-2-4-13(14)15/h6-9,13-14,16H,2-5,10,15H2,1H3/t13-,14-/m1/s1. The number of hydrogen-bond acceptors (Lipinski definition) is 3. The minimum absolute atomic E-state index is 0.321. The summed E-state index contributed by atoms with van der Waals surface area (Å²) >= 11 is 0. The maximum absolute atomic E-state index is 6.11. The molecule has 1 aliphatic carbocycles. The van der Waals surface area contributed by atoms with E-state index >= 15 is 0 Å². The molecule has 94 valence electrons. The van der Waals surface area contributed by atoms with Crippen molar-refractivity contribution in [3.05, 3.63) is 29.8 Å². The summed E-state index contributed by atoms with van der Waals surface area (Å²) < 4.78 is 5.14. The molecule has 1 aromatic carbocycles. The summed E-state index contributed by atoms with van der Waals surface area (Å²) in [4.78, 5) is 0. The summed E-state index contributed by atoms with van der Waals surface area (Å²) in [5, 5.41) is 3.56. The topological polar surface area (TPSA) is 47.3 Å². The lowest BCUT2D eigenvalue weighted by Crippen LogP contribution is -2.46. The Morgan fingerprint density at radius 2 is 1.94 bits per heavy atom. The highest BCUT2D eigenvalue weighted by atomic mass is 16.5. The molecule has 0 radical (unpaired) electrons. The van der Waals surface area contributed by atoms with E-state index in [0.29, 0.717) is 12.1 Å². The van der Waals surface area contributed by atoms with Crippen molar-refractivity contribution in [1.29, 1.82) is 0 Å². The van der Waals surface area contributed by atoms with Gasteiger partial charge in [0.05, 0.1) is 7.11 Å². The number of methoxy groups -OCH3 is 1. The van der Waals surface area contributed by atoms with Crippen LogP contribution in [0.2, 0.25) is 0 Å². The molecule has 0 saturated heterocycles. The first-order valence-corrected chi connectivity index (χ1v) is 6.41. The molecule has 3 N–H and O–H groups in total. The molecule has 3 nitrogen and oxygen atoms in total. The Labute approximate surface area is 103 Å². The van der Waals surface area contributed by atoms with Crippen LogP contribution in [0.5, 0.6) is 5.75 Å². The molecule has 1 aromatic rings. The van der Waals surface area contributed by atoms with Crippen molar-refractivity contribution in [3.63, 3.8) is 0 Å². The monoisotopic (exact) mass is 234 g/mol. The summed E-state index contributed by atoms with van der Waals surface area (Å²) in [7, 11) is 1.69. The van der Waals surface area contributed by atoms with Crippen LogP contribution in [-0.4, -0.2) is 19.2 Å². The Bertz CT molecular complexity index is 337. The third kappa shape index (κ3) is 3.45. The fourth-order valence-electron chi connectivity index (χ4n) is 2.41. The molecule has 0 bridgehead atoms. The zero-order valence-corrected chi connectivity index (χ0v) is 10.5. The van der Waals surface area contributed by atoms with Crippen LogP contribution in [0.3, 0.4) is 0 Å². The first kappa shape index (κ1) is 12.4. The Kier molecular flexibility index (Phi) is 4.40. The molecular formula is C14H22N2O. The highest BCUT2D eigenvalue weighted by Crippen LogP contribution is 2.17. The fourth-order valence-corrected chi connectivity index (χ4v) is 2.41. The Morgan fingerprint density at radius 1 is 1.24 bits per heavy atom. The van der Waals surface area contributed by atoms with Gasteiger partial charge in [0.1, 0.15) is 5.75 Å². The lowest BCUT2D eigenvalue weighted by molar-refractivity contribution is 0.326. The second kappa shape index (κ2) is 6.03. The van der Waals surface area contributed by atoms with Gasteiger partial charge in [-0.1, -0.05) is 25.0 Å². The van der Waals surface area contributed by atoms with Crippen LogP contribution in [-0.2, 0) is 6.54 Å². The third-order valence-electron chi connectivity index (χ3n) is 3.55. The van der Waals surface area contributed by atoms with Crippen LogP contribution in [0.25, 0.3) is 0 Å². The quantitative estimate of drug-likeness (QED) is 0.838. The smallest absolute Gasteiger partial charge is 0.118 e. The molecule has 1 fully saturated rings. The van der Waals surface area contributed by atoms with Gasteiger partial charge in [-0.3, -0.25) is 0 Å². The van der Waals surface area contributed by atoms with E-state index in [9.17, 15) is 0 Å². The van der Waals surface area contributed by atoms with E-state index in [-0.39, 0.29) is 0 Å². The van der Waals surface area contributed by atoms with Crippen molar-refractivity contribution in [2.45, 2.75) is 44.3 Å². The molecule has 2 rings (SSSR count). The van der Waals surface area contributed by atoms with Gasteiger partial charge in [0, 0.05) is 18.6 Å². The van der Waals surface area contributed by atoms with Crippen molar-refractivity contribution < 1.29 is 4.74 Å². The number of ether oxygens (including phenoxy) is 1. The summed E-state index contributed by atoms with van der Waals surface area (Å²) in [5.74, 6) is 0.906. The fraction of sp³-hybridized carbons (Fsp3) is 0.571. The van der Waals surface area contributed by atoms with Gasteiger partial charge >= 0.3 is 0 Å². The third-order valence-corrected chi connectivity index (χ3v) is 3.55. The number of nitrogens with one attached hydrogen (secondary N) is 1. The van der Waals surface area contributed by atoms with Gasteiger partial charge in [-0.2, -0.15) is 0 Å². The molecule has 0 spiro atoms. The van der Waals surface area contributed by atoms with E-state index in [2.05, 4.69) is 17.4 Å². The van der Waals surface area contributed by atoms with E-state index in [1.54, 1.807) is 7.11 Å². The van der Waals surface area contributed by atoms with Crippen molar-refractivity contribution in [3.8, 4) is 5.75 Å². The van der Waals surface area contributed by atoms with Crippen molar-refractivity contribution in [1.82, 2.24) is 5.32 Å². The molecule has 1 saturated carbocycles. The number of nitrogens with two attached hydrogens (primary N) is 1. The van der Waals surface area contributed by atoms with Crippen LogP contribution >= 0.6 is 0 Å². The predicted octanol–water partition coefficient (Wildman–Crippen LogP) is 2.05. The zero-order chi connectivity index (χ0) is 12.1. The van der Waals surface area contributed by atoms with E-state index < -0.39 is 0 Å². The van der Waals surface area contributed by atoms with E-state index in [4.69, 9.17) is 10.5 Å². The summed E-state index contributed by atoms with van der Waals surface area (Å²) in [6, 6.07) is 8.99. The molecule has 3 heteroatoms. The summed E-state index contributed by atoms with van der Waals surface area (Å²) in [5.41, 5.74) is 7.39. The van der Waals surface area contributed by atoms with Gasteiger partial charge < -0.3 is 15.8 Å². The molecule has 0 aliphatic heterocycles. The molecule has 0 aromatic heterocycles. The zero-order valence-electron chi connectivity index (χ0n) is 10.5. The molecule has 0 amide bonds. The largest absolute Gasteiger partial charge is 0.497 e. The SMILES string of the molecule is COc1ccc(CN[C@@H]2CCCC[C@H]2N)cc1. The Balaban J connectivity index is 1.84. The first-order valence-electron chi connectivity index (χ1n) is 6.41. The van der Waals surface area contributed by atoms with Crippen LogP contribution < -0.4 is 15.8 Å². The van der Waals surface area contributed by atoms with Gasteiger partial charge in [-0.05, 0) is 30.5 Å². The Hall–Kier alpha value is -1.06. The van der Waals surface area contributed by atoms with Gasteiger partial charge in [0.25, 0.3) is 0 Å². The van der Waals surface area contributed by atoms with Crippen molar-refractivity contribution in [2.24, 2.45) is 5.73 Å². The van der Waals surface area contributed by atoms with Crippen LogP contribution in [0.4, 0.5) is 0 Å². The minimum atomic E-state index is 0.321. The van der Waals surface area contributed by atoms with Crippen LogP contribution in [0.15, 0.2) is 24.3 Å². The molecule has 1 aliphatic rings. The predicted molar refractivity (Wildman–Crippen MR) is 70.1 cm³/mol. The van der Waals surface area contributed by atoms with Crippen molar-refractivity contribution >= 4 is 0 Å². The van der Waals surface area contributed by atoms with E-state index in [1.807, 2.05) is 12.1 Å². The van der Waals surface area contributed by atoms with Gasteiger partial charge in [0.15, 0.2) is 0 Å². The highest BCUT2D eigenvalue weighted by Gasteiger charge is 2.20. The first-order chi connectivity index (χ1) is 8.29. The molecule has 17 heavy (non-hydrogen) atoms. The van der Waals surface area contributed by atoms with Gasteiger partial charge in [0.2, 0.25) is 0 Å². The maximum Gasteiger partial charge on any atom is 0.118 e. The molecule has 2 atom stereocenters. The lowest BCUT2D eigenvalue weighted by atomic mass is 9.91. The molecule has 0 heterocycles.